The van der Waals surface area contributed by atoms with E-state index >= 15 is 0 Å². The summed E-state index contributed by atoms with van der Waals surface area (Å²) in [6.07, 6.45) is 1.25. The molecule has 1 aromatic rings. The van der Waals surface area contributed by atoms with Gasteiger partial charge >= 0.3 is 0 Å². The molecule has 0 radical (unpaired) electrons. The highest BCUT2D eigenvalue weighted by Gasteiger charge is 2.09. The third-order valence-corrected chi connectivity index (χ3v) is 3.29. The summed E-state index contributed by atoms with van der Waals surface area (Å²) in [5, 5.41) is 0. The van der Waals surface area contributed by atoms with E-state index in [4.69, 9.17) is 5.73 Å². The van der Waals surface area contributed by atoms with Crippen LogP contribution >= 0.6 is 11.8 Å². The van der Waals surface area contributed by atoms with Gasteiger partial charge in [0.2, 0.25) is 0 Å². The Balaban J connectivity index is 2.38. The fourth-order valence-electron chi connectivity index (χ4n) is 1.20. The largest absolute Gasteiger partial charge is 0.326 e. The summed E-state index contributed by atoms with van der Waals surface area (Å²) in [5.74, 6) is 1.19. The lowest BCUT2D eigenvalue weighted by Crippen LogP contribution is -2.05. The summed E-state index contributed by atoms with van der Waals surface area (Å²) in [7, 11) is 0. The molecule has 1 aromatic carbocycles. The number of thioether (sulfide) groups is 1. The van der Waals surface area contributed by atoms with Gasteiger partial charge in [-0.2, -0.15) is 0 Å². The van der Waals surface area contributed by atoms with Crippen molar-refractivity contribution < 1.29 is 0 Å². The molecule has 0 heterocycles. The molecule has 2 heteroatoms. The summed E-state index contributed by atoms with van der Waals surface area (Å²) in [6, 6.07) is 8.55. The number of hydrogen-bond acceptors (Lipinski definition) is 2. The van der Waals surface area contributed by atoms with Crippen molar-refractivity contribution in [1.82, 2.24) is 0 Å². The molecule has 0 atom stereocenters. The first-order chi connectivity index (χ1) is 7.01. The topological polar surface area (TPSA) is 26.0 Å². The fourth-order valence-corrected chi connectivity index (χ4v) is 2.48. The van der Waals surface area contributed by atoms with Crippen LogP contribution in [0.4, 0.5) is 0 Å². The summed E-state index contributed by atoms with van der Waals surface area (Å²) < 4.78 is 0. The normalized spacial score (nSPS) is 11.7. The molecule has 0 saturated heterocycles. The van der Waals surface area contributed by atoms with Crippen LogP contribution in [-0.4, -0.2) is 5.75 Å². The molecule has 0 aromatic heterocycles. The van der Waals surface area contributed by atoms with Crippen molar-refractivity contribution in [3.05, 3.63) is 29.8 Å². The molecule has 0 amide bonds. The monoisotopic (exact) mass is 223 g/mol. The van der Waals surface area contributed by atoms with Crippen molar-refractivity contribution in [1.29, 1.82) is 0 Å². The summed E-state index contributed by atoms with van der Waals surface area (Å²) >= 11 is 1.93. The Labute approximate surface area is 97.4 Å². The zero-order chi connectivity index (χ0) is 11.3. The van der Waals surface area contributed by atoms with Crippen LogP contribution in [0.5, 0.6) is 0 Å². The Kier molecular flexibility index (Phi) is 4.68. The second-order valence-electron chi connectivity index (χ2n) is 5.01. The van der Waals surface area contributed by atoms with Crippen molar-refractivity contribution in [3.63, 3.8) is 0 Å². The molecular weight excluding hydrogens is 202 g/mol. The standard InChI is InChI=1S/C13H21NS/c1-13(2,3)8-9-15-12-6-4-11(10-14)5-7-12/h4-7H,8-10,14H2,1-3H3. The Morgan fingerprint density at radius 3 is 2.20 bits per heavy atom. The van der Waals surface area contributed by atoms with Crippen LogP contribution in [0.2, 0.25) is 0 Å². The molecule has 15 heavy (non-hydrogen) atoms. The third-order valence-electron chi connectivity index (χ3n) is 2.28. The van der Waals surface area contributed by atoms with Gasteiger partial charge < -0.3 is 5.73 Å². The minimum atomic E-state index is 0.435. The zero-order valence-corrected chi connectivity index (χ0v) is 10.7. The average molecular weight is 223 g/mol. The van der Waals surface area contributed by atoms with Gasteiger partial charge in [-0.15, -0.1) is 11.8 Å². The lowest BCUT2D eigenvalue weighted by molar-refractivity contribution is 0.401. The molecule has 0 aliphatic rings. The van der Waals surface area contributed by atoms with E-state index in [-0.39, 0.29) is 0 Å². The van der Waals surface area contributed by atoms with E-state index in [9.17, 15) is 0 Å². The fraction of sp³-hybridized carbons (Fsp3) is 0.538. The maximum Gasteiger partial charge on any atom is 0.0178 e. The van der Waals surface area contributed by atoms with E-state index in [2.05, 4.69) is 45.0 Å². The number of nitrogens with two attached hydrogens (primary N) is 1. The van der Waals surface area contributed by atoms with Gasteiger partial charge in [-0.05, 0) is 35.3 Å². The Bertz CT molecular complexity index is 284. The number of benzene rings is 1. The molecular formula is C13H21NS. The first-order valence-electron chi connectivity index (χ1n) is 5.43. The van der Waals surface area contributed by atoms with E-state index in [1.807, 2.05) is 11.8 Å². The van der Waals surface area contributed by atoms with Crippen LogP contribution in [0.25, 0.3) is 0 Å². The van der Waals surface area contributed by atoms with E-state index in [1.165, 1.54) is 22.6 Å². The second kappa shape index (κ2) is 5.57. The minimum Gasteiger partial charge on any atom is -0.326 e. The van der Waals surface area contributed by atoms with Crippen molar-refractivity contribution in [2.24, 2.45) is 11.1 Å². The highest BCUT2D eigenvalue weighted by Crippen LogP contribution is 2.25. The van der Waals surface area contributed by atoms with Crippen LogP contribution in [0.15, 0.2) is 29.2 Å². The first-order valence-corrected chi connectivity index (χ1v) is 6.42. The van der Waals surface area contributed by atoms with Gasteiger partial charge in [0.05, 0.1) is 0 Å². The molecule has 0 bridgehead atoms. The molecule has 0 aliphatic heterocycles. The van der Waals surface area contributed by atoms with Crippen molar-refractivity contribution in [2.45, 2.75) is 38.6 Å². The Morgan fingerprint density at radius 2 is 1.73 bits per heavy atom. The summed E-state index contributed by atoms with van der Waals surface area (Å²) in [6.45, 7) is 7.48. The van der Waals surface area contributed by atoms with Gasteiger partial charge in [0, 0.05) is 11.4 Å². The Hall–Kier alpha value is -0.470. The molecule has 84 valence electrons. The van der Waals surface area contributed by atoms with Crippen molar-refractivity contribution >= 4 is 11.8 Å². The maximum atomic E-state index is 5.55. The van der Waals surface area contributed by atoms with E-state index in [0.29, 0.717) is 12.0 Å². The van der Waals surface area contributed by atoms with Gasteiger partial charge in [0.15, 0.2) is 0 Å². The van der Waals surface area contributed by atoms with E-state index < -0.39 is 0 Å². The van der Waals surface area contributed by atoms with Crippen LogP contribution in [0, 0.1) is 5.41 Å². The zero-order valence-electron chi connectivity index (χ0n) is 9.92. The maximum absolute atomic E-state index is 5.55. The molecule has 0 spiro atoms. The summed E-state index contributed by atoms with van der Waals surface area (Å²) in [4.78, 5) is 1.34. The molecule has 0 unspecified atom stereocenters. The van der Waals surface area contributed by atoms with Gasteiger partial charge in [-0.25, -0.2) is 0 Å². The predicted octanol–water partition coefficient (Wildman–Crippen LogP) is 3.67. The van der Waals surface area contributed by atoms with Gasteiger partial charge in [-0.3, -0.25) is 0 Å². The molecule has 1 nitrogen and oxygen atoms in total. The van der Waals surface area contributed by atoms with Crippen molar-refractivity contribution in [2.75, 3.05) is 5.75 Å². The molecule has 2 N–H and O–H groups in total. The van der Waals surface area contributed by atoms with E-state index in [0.717, 1.165) is 0 Å². The number of hydrogen-bond donors (Lipinski definition) is 1. The van der Waals surface area contributed by atoms with Gasteiger partial charge in [-0.1, -0.05) is 32.9 Å². The smallest absolute Gasteiger partial charge is 0.0178 e. The second-order valence-corrected chi connectivity index (χ2v) is 6.18. The Morgan fingerprint density at radius 1 is 1.13 bits per heavy atom. The lowest BCUT2D eigenvalue weighted by atomic mass is 9.94. The van der Waals surface area contributed by atoms with Crippen LogP contribution in [0.1, 0.15) is 32.8 Å². The highest BCUT2D eigenvalue weighted by atomic mass is 32.2. The molecule has 0 aliphatic carbocycles. The minimum absolute atomic E-state index is 0.435. The quantitative estimate of drug-likeness (QED) is 0.788. The van der Waals surface area contributed by atoms with Crippen LogP contribution < -0.4 is 5.73 Å². The summed E-state index contributed by atoms with van der Waals surface area (Å²) in [5.41, 5.74) is 7.19. The highest BCUT2D eigenvalue weighted by molar-refractivity contribution is 7.99. The molecule has 0 fully saturated rings. The lowest BCUT2D eigenvalue weighted by Gasteiger charge is -2.17. The van der Waals surface area contributed by atoms with Gasteiger partial charge in [0.1, 0.15) is 0 Å². The van der Waals surface area contributed by atoms with E-state index in [1.54, 1.807) is 0 Å². The third kappa shape index (κ3) is 5.24. The average Bonchev–Trinajstić information content (AvgIpc) is 2.17. The molecule has 1 rings (SSSR count). The predicted molar refractivity (Wildman–Crippen MR) is 69.1 cm³/mol. The van der Waals surface area contributed by atoms with Crippen LogP contribution in [0.3, 0.4) is 0 Å². The van der Waals surface area contributed by atoms with Crippen LogP contribution in [-0.2, 0) is 6.54 Å². The van der Waals surface area contributed by atoms with Crippen molar-refractivity contribution in [3.8, 4) is 0 Å². The number of rotatable bonds is 4. The van der Waals surface area contributed by atoms with Gasteiger partial charge in [0.25, 0.3) is 0 Å². The first kappa shape index (κ1) is 12.6. The SMILES string of the molecule is CC(C)(C)CCSc1ccc(CN)cc1. The molecule has 0 saturated carbocycles.